The molecule has 1 saturated carbocycles. The van der Waals surface area contributed by atoms with Crippen molar-refractivity contribution in [1.29, 1.82) is 0 Å². The van der Waals surface area contributed by atoms with Gasteiger partial charge >= 0.3 is 0 Å². The first-order valence-electron chi connectivity index (χ1n) is 13.5. The molecule has 1 heterocycles. The van der Waals surface area contributed by atoms with Gasteiger partial charge in [-0.15, -0.1) is 0 Å². The fraction of sp³-hybridized carbons (Fsp3) is 0.533. The zero-order valence-corrected chi connectivity index (χ0v) is 22.0. The number of piperidine rings is 1. The Morgan fingerprint density at radius 2 is 1.69 bits per heavy atom. The van der Waals surface area contributed by atoms with E-state index in [1.165, 1.54) is 5.56 Å². The Morgan fingerprint density at radius 1 is 1.03 bits per heavy atom. The molecule has 6 nitrogen and oxygen atoms in total. The van der Waals surface area contributed by atoms with Gasteiger partial charge in [0, 0.05) is 43.2 Å². The maximum Gasteiger partial charge on any atom is 0.254 e. The van der Waals surface area contributed by atoms with Crippen molar-refractivity contribution in [2.45, 2.75) is 70.5 Å². The van der Waals surface area contributed by atoms with E-state index in [0.717, 1.165) is 57.4 Å². The number of ether oxygens (including phenoxy) is 1. The van der Waals surface area contributed by atoms with Crippen molar-refractivity contribution in [1.82, 2.24) is 15.1 Å². The molecule has 1 N–H and O–H groups in total. The summed E-state index contributed by atoms with van der Waals surface area (Å²) in [4.78, 5) is 30.5. The largest absolute Gasteiger partial charge is 0.497 e. The van der Waals surface area contributed by atoms with Crippen LogP contribution in [0.15, 0.2) is 54.6 Å². The molecule has 4 rings (SSSR count). The predicted octanol–water partition coefficient (Wildman–Crippen LogP) is 5.06. The average molecular weight is 492 g/mol. The van der Waals surface area contributed by atoms with Crippen molar-refractivity contribution in [3.63, 3.8) is 0 Å². The number of rotatable bonds is 10. The molecule has 0 bridgehead atoms. The zero-order valence-electron chi connectivity index (χ0n) is 22.0. The Labute approximate surface area is 216 Å². The summed E-state index contributed by atoms with van der Waals surface area (Å²) < 4.78 is 5.23. The summed E-state index contributed by atoms with van der Waals surface area (Å²) in [6.07, 6.45) is 6.00. The van der Waals surface area contributed by atoms with Crippen molar-refractivity contribution < 1.29 is 14.3 Å². The van der Waals surface area contributed by atoms with Crippen LogP contribution in [0.5, 0.6) is 5.75 Å². The van der Waals surface area contributed by atoms with Gasteiger partial charge in [-0.2, -0.15) is 0 Å². The van der Waals surface area contributed by atoms with E-state index < -0.39 is 0 Å². The average Bonchev–Trinajstić information content (AvgIpc) is 2.88. The van der Waals surface area contributed by atoms with Crippen LogP contribution < -0.4 is 10.1 Å². The van der Waals surface area contributed by atoms with Crippen LogP contribution in [0.25, 0.3) is 0 Å². The van der Waals surface area contributed by atoms with Gasteiger partial charge in [0.05, 0.1) is 13.2 Å². The van der Waals surface area contributed by atoms with Crippen molar-refractivity contribution in [3.05, 3.63) is 65.7 Å². The minimum atomic E-state index is 0.0239. The molecular weight excluding hydrogens is 450 g/mol. The summed E-state index contributed by atoms with van der Waals surface area (Å²) in [6, 6.07) is 18.4. The van der Waals surface area contributed by atoms with Crippen molar-refractivity contribution in [2.75, 3.05) is 26.7 Å². The lowest BCUT2D eigenvalue weighted by Gasteiger charge is -2.41. The van der Waals surface area contributed by atoms with Crippen molar-refractivity contribution in [3.8, 4) is 5.75 Å². The molecule has 1 aliphatic carbocycles. The summed E-state index contributed by atoms with van der Waals surface area (Å²) >= 11 is 0. The van der Waals surface area contributed by atoms with Crippen LogP contribution in [0, 0.1) is 5.92 Å². The number of methoxy groups -OCH3 is 1. The molecule has 2 aromatic rings. The number of benzene rings is 2. The molecule has 2 fully saturated rings. The maximum absolute atomic E-state index is 13.2. The molecule has 1 saturated heterocycles. The summed E-state index contributed by atoms with van der Waals surface area (Å²) in [5.74, 6) is 1.24. The van der Waals surface area contributed by atoms with Crippen LogP contribution in [-0.2, 0) is 4.79 Å². The SMILES string of the molecule is CCN(C(=O)c1ccc(OC)cc1)C1CCN(C(C)C[C@H](NC(=O)C2CCC2)c2ccccc2)CC1. The lowest BCUT2D eigenvalue weighted by atomic mass is 9.84. The van der Waals surface area contributed by atoms with Gasteiger partial charge in [0.1, 0.15) is 5.75 Å². The van der Waals surface area contributed by atoms with Crippen LogP contribution in [0.4, 0.5) is 0 Å². The van der Waals surface area contributed by atoms with E-state index in [-0.39, 0.29) is 29.8 Å². The molecule has 2 amide bonds. The summed E-state index contributed by atoms with van der Waals surface area (Å²) in [5, 5.41) is 3.36. The monoisotopic (exact) mass is 491 g/mol. The molecule has 6 heteroatoms. The van der Waals surface area contributed by atoms with Crippen molar-refractivity contribution in [2.24, 2.45) is 5.92 Å². The van der Waals surface area contributed by atoms with E-state index >= 15 is 0 Å². The van der Waals surface area contributed by atoms with Gasteiger partial charge in [0.25, 0.3) is 5.91 Å². The minimum Gasteiger partial charge on any atom is -0.497 e. The summed E-state index contributed by atoms with van der Waals surface area (Å²) in [7, 11) is 1.63. The Balaban J connectivity index is 1.34. The normalized spacial score (nSPS) is 18.6. The van der Waals surface area contributed by atoms with E-state index in [1.54, 1.807) is 7.11 Å². The first-order chi connectivity index (χ1) is 17.5. The van der Waals surface area contributed by atoms with Gasteiger partial charge in [-0.25, -0.2) is 0 Å². The minimum absolute atomic E-state index is 0.0239. The Morgan fingerprint density at radius 3 is 2.25 bits per heavy atom. The van der Waals surface area contributed by atoms with Crippen LogP contribution in [0.1, 0.15) is 74.3 Å². The molecule has 0 radical (unpaired) electrons. The smallest absolute Gasteiger partial charge is 0.254 e. The number of carbonyl (C=O) groups excluding carboxylic acids is 2. The molecule has 2 aromatic carbocycles. The van der Waals surface area contributed by atoms with Crippen molar-refractivity contribution >= 4 is 11.8 Å². The zero-order chi connectivity index (χ0) is 25.5. The number of hydrogen-bond acceptors (Lipinski definition) is 4. The summed E-state index contributed by atoms with van der Waals surface area (Å²) in [6.45, 7) is 6.94. The third-order valence-electron chi connectivity index (χ3n) is 8.07. The van der Waals surface area contributed by atoms with Crippen LogP contribution in [-0.4, -0.2) is 60.4 Å². The van der Waals surface area contributed by atoms with E-state index in [9.17, 15) is 9.59 Å². The van der Waals surface area contributed by atoms with Gasteiger partial charge in [-0.1, -0.05) is 36.8 Å². The lowest BCUT2D eigenvalue weighted by Crippen LogP contribution is -2.50. The second kappa shape index (κ2) is 12.4. The molecule has 1 unspecified atom stereocenters. The topological polar surface area (TPSA) is 61.9 Å². The molecule has 2 aliphatic rings. The van der Waals surface area contributed by atoms with Crippen LogP contribution >= 0.6 is 0 Å². The van der Waals surface area contributed by atoms with E-state index in [2.05, 4.69) is 36.2 Å². The van der Waals surface area contributed by atoms with Crippen LogP contribution in [0.3, 0.4) is 0 Å². The summed E-state index contributed by atoms with van der Waals surface area (Å²) in [5.41, 5.74) is 1.88. The van der Waals surface area contributed by atoms with Gasteiger partial charge in [-0.3, -0.25) is 9.59 Å². The Kier molecular flexibility index (Phi) is 9.03. The fourth-order valence-corrected chi connectivity index (χ4v) is 5.52. The maximum atomic E-state index is 13.2. The second-order valence-corrected chi connectivity index (χ2v) is 10.3. The molecule has 194 valence electrons. The highest BCUT2D eigenvalue weighted by atomic mass is 16.5. The highest BCUT2D eigenvalue weighted by Crippen LogP contribution is 2.29. The Bertz CT molecular complexity index is 982. The molecule has 2 atom stereocenters. The van der Waals surface area contributed by atoms with Gasteiger partial charge in [0.15, 0.2) is 0 Å². The van der Waals surface area contributed by atoms with Gasteiger partial charge < -0.3 is 19.9 Å². The van der Waals surface area contributed by atoms with Gasteiger partial charge in [0.2, 0.25) is 5.91 Å². The molecule has 0 spiro atoms. The number of amides is 2. The lowest BCUT2D eigenvalue weighted by molar-refractivity contribution is -0.128. The number of nitrogens with zero attached hydrogens (tertiary/aromatic N) is 2. The molecule has 36 heavy (non-hydrogen) atoms. The van der Waals surface area contributed by atoms with Crippen LogP contribution in [0.2, 0.25) is 0 Å². The molecule has 0 aromatic heterocycles. The molecule has 1 aliphatic heterocycles. The third-order valence-corrected chi connectivity index (χ3v) is 8.07. The van der Waals surface area contributed by atoms with E-state index in [0.29, 0.717) is 18.2 Å². The quantitative estimate of drug-likeness (QED) is 0.505. The fourth-order valence-electron chi connectivity index (χ4n) is 5.52. The number of carbonyl (C=O) groups is 2. The number of hydrogen-bond donors (Lipinski definition) is 1. The molecular formula is C30H41N3O3. The van der Waals surface area contributed by atoms with E-state index in [4.69, 9.17) is 4.74 Å². The third kappa shape index (κ3) is 6.28. The highest BCUT2D eigenvalue weighted by Gasteiger charge is 2.32. The number of likely N-dealkylation sites (tertiary alicyclic amines) is 1. The standard InChI is InChI=1S/C30H41N3O3/c1-4-33(30(35)25-13-15-27(36-3)16-14-25)26-17-19-32(20-18-26)22(2)21-28(23-9-6-5-7-10-23)31-29(34)24-11-8-12-24/h5-7,9-10,13-16,22,24,26,28H,4,8,11-12,17-21H2,1-3H3,(H,31,34)/t22?,28-/m0/s1. The second-order valence-electron chi connectivity index (χ2n) is 10.3. The van der Waals surface area contributed by atoms with Gasteiger partial charge in [-0.05, 0) is 75.8 Å². The first-order valence-corrected chi connectivity index (χ1v) is 13.5. The predicted molar refractivity (Wildman–Crippen MR) is 143 cm³/mol. The Hall–Kier alpha value is -2.86. The highest BCUT2D eigenvalue weighted by molar-refractivity contribution is 5.94. The first kappa shape index (κ1) is 26.2. The number of nitrogens with one attached hydrogen (secondary N) is 1. The van der Waals surface area contributed by atoms with E-state index in [1.807, 2.05) is 47.4 Å².